The summed E-state index contributed by atoms with van der Waals surface area (Å²) in [7, 11) is 0. The Morgan fingerprint density at radius 1 is 0.962 bits per heavy atom. The number of benzene rings is 2. The maximum Gasteiger partial charge on any atom is 0.341 e. The first-order valence-corrected chi connectivity index (χ1v) is 8.22. The number of carboxylic acids is 1. The molecule has 6 nitrogen and oxygen atoms in total. The van der Waals surface area contributed by atoms with E-state index in [-0.39, 0.29) is 17.9 Å². The summed E-state index contributed by atoms with van der Waals surface area (Å²) in [6, 6.07) is 14.2. The zero-order valence-corrected chi connectivity index (χ0v) is 15.1. The minimum absolute atomic E-state index is 0.0592. The van der Waals surface area contributed by atoms with Gasteiger partial charge in [0, 0.05) is 11.8 Å². The average Bonchev–Trinajstić information content (AvgIpc) is 2.58. The molecule has 0 saturated carbocycles. The molecule has 0 heterocycles. The summed E-state index contributed by atoms with van der Waals surface area (Å²) in [4.78, 5) is 22.5. The first-order chi connectivity index (χ1) is 12.2. The summed E-state index contributed by atoms with van der Waals surface area (Å²) in [5.41, 5.74) is 1.75. The normalized spacial score (nSPS) is 10.9. The first-order valence-electron chi connectivity index (χ1n) is 8.22. The van der Waals surface area contributed by atoms with Crippen molar-refractivity contribution in [3.8, 4) is 11.5 Å². The van der Waals surface area contributed by atoms with E-state index >= 15 is 0 Å². The number of anilines is 1. The van der Waals surface area contributed by atoms with Gasteiger partial charge in [0.15, 0.2) is 13.2 Å². The van der Waals surface area contributed by atoms with Gasteiger partial charge in [-0.15, -0.1) is 0 Å². The molecule has 0 saturated heterocycles. The minimum Gasteiger partial charge on any atom is -0.484 e. The largest absolute Gasteiger partial charge is 0.484 e. The lowest BCUT2D eigenvalue weighted by Crippen LogP contribution is -2.20. The molecule has 138 valence electrons. The number of amides is 1. The van der Waals surface area contributed by atoms with Crippen LogP contribution in [0.2, 0.25) is 0 Å². The van der Waals surface area contributed by atoms with Crippen LogP contribution in [-0.2, 0) is 15.0 Å². The molecule has 1 amide bonds. The van der Waals surface area contributed by atoms with Crippen LogP contribution in [-0.4, -0.2) is 30.2 Å². The van der Waals surface area contributed by atoms with Crippen LogP contribution in [0.25, 0.3) is 0 Å². The van der Waals surface area contributed by atoms with Crippen LogP contribution >= 0.6 is 0 Å². The van der Waals surface area contributed by atoms with Crippen molar-refractivity contribution in [3.63, 3.8) is 0 Å². The van der Waals surface area contributed by atoms with Gasteiger partial charge < -0.3 is 19.9 Å². The van der Waals surface area contributed by atoms with Gasteiger partial charge in [-0.05, 0) is 35.2 Å². The van der Waals surface area contributed by atoms with Crippen molar-refractivity contribution in [3.05, 3.63) is 54.1 Å². The fraction of sp³-hybridized carbons (Fsp3) is 0.300. The van der Waals surface area contributed by atoms with E-state index in [0.717, 1.165) is 0 Å². The van der Waals surface area contributed by atoms with E-state index in [4.69, 9.17) is 14.6 Å². The summed E-state index contributed by atoms with van der Waals surface area (Å²) < 4.78 is 10.6. The molecule has 0 aliphatic carbocycles. The molecule has 2 N–H and O–H groups in total. The Labute approximate surface area is 152 Å². The number of ether oxygens (including phenoxy) is 2. The van der Waals surface area contributed by atoms with Crippen molar-refractivity contribution in [2.24, 2.45) is 0 Å². The van der Waals surface area contributed by atoms with Crippen LogP contribution in [0.5, 0.6) is 11.5 Å². The van der Waals surface area contributed by atoms with Crippen LogP contribution in [0.4, 0.5) is 5.69 Å². The van der Waals surface area contributed by atoms with Crippen LogP contribution in [0.15, 0.2) is 48.5 Å². The Morgan fingerprint density at radius 2 is 1.62 bits per heavy atom. The van der Waals surface area contributed by atoms with E-state index in [1.54, 1.807) is 24.3 Å². The van der Waals surface area contributed by atoms with Gasteiger partial charge in [0.05, 0.1) is 0 Å². The minimum atomic E-state index is -1.06. The number of hydrogen-bond acceptors (Lipinski definition) is 4. The van der Waals surface area contributed by atoms with Gasteiger partial charge in [0.25, 0.3) is 5.91 Å². The lowest BCUT2D eigenvalue weighted by atomic mass is 9.87. The van der Waals surface area contributed by atoms with Crippen molar-refractivity contribution >= 4 is 17.6 Å². The highest BCUT2D eigenvalue weighted by Crippen LogP contribution is 2.24. The monoisotopic (exact) mass is 357 g/mol. The van der Waals surface area contributed by atoms with Gasteiger partial charge in [0.2, 0.25) is 0 Å². The fourth-order valence-corrected chi connectivity index (χ4v) is 2.21. The Morgan fingerprint density at radius 3 is 2.23 bits per heavy atom. The summed E-state index contributed by atoms with van der Waals surface area (Å²) in [5, 5.41) is 11.3. The second kappa shape index (κ2) is 8.38. The molecule has 6 heteroatoms. The molecule has 0 fully saturated rings. The molecule has 0 radical (unpaired) electrons. The number of rotatable bonds is 7. The van der Waals surface area contributed by atoms with E-state index in [2.05, 4.69) is 26.1 Å². The van der Waals surface area contributed by atoms with E-state index < -0.39 is 12.6 Å². The molecule has 2 aromatic carbocycles. The van der Waals surface area contributed by atoms with E-state index in [1.165, 1.54) is 5.56 Å². The van der Waals surface area contributed by atoms with E-state index in [9.17, 15) is 9.59 Å². The molecule has 0 aliphatic heterocycles. The van der Waals surface area contributed by atoms with Gasteiger partial charge in [0.1, 0.15) is 11.5 Å². The summed E-state index contributed by atoms with van der Waals surface area (Å²) in [6.07, 6.45) is 0. The standard InChI is InChI=1S/C20H23NO5/c1-20(2,3)14-7-9-16(10-8-14)25-12-18(22)21-15-5-4-6-17(11-15)26-13-19(23)24/h4-11H,12-13H2,1-3H3,(H,21,22)(H,23,24). The summed E-state index contributed by atoms with van der Waals surface area (Å²) in [5.74, 6) is -0.402. The maximum atomic E-state index is 12.0. The molecular weight excluding hydrogens is 334 g/mol. The van der Waals surface area contributed by atoms with Crippen molar-refractivity contribution in [1.82, 2.24) is 0 Å². The lowest BCUT2D eigenvalue weighted by molar-refractivity contribution is -0.139. The van der Waals surface area contributed by atoms with E-state index in [1.807, 2.05) is 24.3 Å². The highest BCUT2D eigenvalue weighted by Gasteiger charge is 2.13. The number of carbonyl (C=O) groups is 2. The van der Waals surface area contributed by atoms with Gasteiger partial charge in [-0.2, -0.15) is 0 Å². The number of aliphatic carboxylic acids is 1. The molecule has 0 aromatic heterocycles. The van der Waals surface area contributed by atoms with Crippen LogP contribution in [0.1, 0.15) is 26.3 Å². The van der Waals surface area contributed by atoms with Crippen molar-refractivity contribution in [2.75, 3.05) is 18.5 Å². The predicted molar refractivity (Wildman–Crippen MR) is 98.8 cm³/mol. The molecule has 26 heavy (non-hydrogen) atoms. The lowest BCUT2D eigenvalue weighted by Gasteiger charge is -2.19. The van der Waals surface area contributed by atoms with Gasteiger partial charge in [-0.25, -0.2) is 4.79 Å². The van der Waals surface area contributed by atoms with Crippen LogP contribution in [0, 0.1) is 0 Å². The Balaban J connectivity index is 1.87. The second-order valence-corrected chi connectivity index (χ2v) is 6.82. The molecule has 0 spiro atoms. The molecule has 0 atom stereocenters. The average molecular weight is 357 g/mol. The Hall–Kier alpha value is -3.02. The van der Waals surface area contributed by atoms with Crippen molar-refractivity contribution < 1.29 is 24.2 Å². The van der Waals surface area contributed by atoms with Crippen LogP contribution < -0.4 is 14.8 Å². The molecule has 2 rings (SSSR count). The Kier molecular flexibility index (Phi) is 6.22. The smallest absolute Gasteiger partial charge is 0.341 e. The molecular formula is C20H23NO5. The fourth-order valence-electron chi connectivity index (χ4n) is 2.21. The van der Waals surface area contributed by atoms with Crippen molar-refractivity contribution in [1.29, 1.82) is 0 Å². The Bertz CT molecular complexity index is 763. The van der Waals surface area contributed by atoms with Crippen molar-refractivity contribution in [2.45, 2.75) is 26.2 Å². The predicted octanol–water partition coefficient (Wildman–Crippen LogP) is 3.47. The topological polar surface area (TPSA) is 84.9 Å². The van der Waals surface area contributed by atoms with Crippen LogP contribution in [0.3, 0.4) is 0 Å². The molecule has 0 unspecified atom stereocenters. The third kappa shape index (κ3) is 6.12. The molecule has 2 aromatic rings. The zero-order valence-electron chi connectivity index (χ0n) is 15.1. The van der Waals surface area contributed by atoms with E-state index in [0.29, 0.717) is 17.2 Å². The highest BCUT2D eigenvalue weighted by atomic mass is 16.5. The van der Waals surface area contributed by atoms with Gasteiger partial charge in [-0.3, -0.25) is 4.79 Å². The number of nitrogens with one attached hydrogen (secondary N) is 1. The highest BCUT2D eigenvalue weighted by molar-refractivity contribution is 5.92. The molecule has 0 aliphatic rings. The van der Waals surface area contributed by atoms with Gasteiger partial charge >= 0.3 is 5.97 Å². The third-order valence-electron chi connectivity index (χ3n) is 3.57. The second-order valence-electron chi connectivity index (χ2n) is 6.82. The number of carboxylic acid groups (broad SMARTS) is 1. The zero-order chi connectivity index (χ0) is 19.2. The quantitative estimate of drug-likeness (QED) is 0.793. The summed E-state index contributed by atoms with van der Waals surface area (Å²) in [6.45, 7) is 5.82. The van der Waals surface area contributed by atoms with Gasteiger partial charge in [-0.1, -0.05) is 39.0 Å². The first kappa shape index (κ1) is 19.3. The third-order valence-corrected chi connectivity index (χ3v) is 3.57. The summed E-state index contributed by atoms with van der Waals surface area (Å²) >= 11 is 0. The number of hydrogen-bond donors (Lipinski definition) is 2. The maximum absolute atomic E-state index is 12.0. The SMILES string of the molecule is CC(C)(C)c1ccc(OCC(=O)Nc2cccc(OCC(=O)O)c2)cc1. The number of carbonyl (C=O) groups excluding carboxylic acids is 1. The molecule has 0 bridgehead atoms.